The number of guanidine groups is 1. The predicted molar refractivity (Wildman–Crippen MR) is 43.3 cm³/mol. The Kier molecular flexibility index (Phi) is 3.21. The van der Waals surface area contributed by atoms with Gasteiger partial charge in [0.15, 0.2) is 5.96 Å². The first-order chi connectivity index (χ1) is 4.46. The molecule has 0 rings (SSSR count). The molecule has 58 valence electrons. The van der Waals surface area contributed by atoms with E-state index in [-0.39, 0.29) is 12.0 Å². The summed E-state index contributed by atoms with van der Waals surface area (Å²) in [6.07, 6.45) is 0. The SMILES string of the molecule is CC(C)N(C(=N)N)C(=O)S. The average Bonchev–Trinajstić information content (AvgIpc) is 1.59. The highest BCUT2D eigenvalue weighted by molar-refractivity contribution is 7.96. The number of thiol groups is 1. The van der Waals surface area contributed by atoms with Gasteiger partial charge in [-0.3, -0.25) is 15.1 Å². The molecule has 0 aliphatic rings. The van der Waals surface area contributed by atoms with Gasteiger partial charge in [0.25, 0.3) is 5.24 Å². The minimum absolute atomic E-state index is 0.109. The lowest BCUT2D eigenvalue weighted by atomic mass is 10.4. The number of hydrogen-bond acceptors (Lipinski definition) is 2. The van der Waals surface area contributed by atoms with Crippen molar-refractivity contribution < 1.29 is 4.79 Å². The first-order valence-electron chi connectivity index (χ1n) is 2.83. The van der Waals surface area contributed by atoms with Gasteiger partial charge in [0.1, 0.15) is 0 Å². The molecule has 0 aliphatic heterocycles. The zero-order chi connectivity index (χ0) is 8.31. The Labute approximate surface area is 65.3 Å². The van der Waals surface area contributed by atoms with Gasteiger partial charge < -0.3 is 5.73 Å². The van der Waals surface area contributed by atoms with Crippen LogP contribution in [0.1, 0.15) is 13.8 Å². The number of rotatable bonds is 1. The third-order valence-corrected chi connectivity index (χ3v) is 1.20. The van der Waals surface area contributed by atoms with Crippen molar-refractivity contribution in [1.29, 1.82) is 5.41 Å². The van der Waals surface area contributed by atoms with Crippen molar-refractivity contribution in [1.82, 2.24) is 4.90 Å². The Morgan fingerprint density at radius 2 is 2.10 bits per heavy atom. The molecule has 5 heteroatoms. The third-order valence-electron chi connectivity index (χ3n) is 0.982. The molecule has 0 saturated heterocycles. The van der Waals surface area contributed by atoms with E-state index in [0.717, 1.165) is 4.90 Å². The van der Waals surface area contributed by atoms with E-state index in [1.165, 1.54) is 0 Å². The number of amides is 1. The van der Waals surface area contributed by atoms with Gasteiger partial charge in [0.2, 0.25) is 0 Å². The predicted octanol–water partition coefficient (Wildman–Crippen LogP) is 0.640. The maximum Gasteiger partial charge on any atom is 0.285 e. The van der Waals surface area contributed by atoms with E-state index in [1.807, 2.05) is 0 Å². The molecule has 3 N–H and O–H groups in total. The van der Waals surface area contributed by atoms with E-state index in [2.05, 4.69) is 12.6 Å². The first kappa shape index (κ1) is 9.29. The molecule has 0 atom stereocenters. The summed E-state index contributed by atoms with van der Waals surface area (Å²) in [5.74, 6) is -0.269. The molecule has 0 bridgehead atoms. The zero-order valence-corrected chi connectivity index (χ0v) is 6.85. The average molecular weight is 161 g/mol. The minimum atomic E-state index is -0.498. The third kappa shape index (κ3) is 2.26. The lowest BCUT2D eigenvalue weighted by Crippen LogP contribution is -2.42. The standard InChI is InChI=1S/C5H11N3OS/c1-3(2)8(4(6)7)5(9)10/h3H,1-2H3,(H3,6,7)(H,9,10). The number of nitrogens with one attached hydrogen (secondary N) is 1. The quantitative estimate of drug-likeness (QED) is 0.300. The summed E-state index contributed by atoms with van der Waals surface area (Å²) in [4.78, 5) is 11.7. The van der Waals surface area contributed by atoms with Crippen LogP contribution in [0.5, 0.6) is 0 Å². The van der Waals surface area contributed by atoms with Gasteiger partial charge in [-0.05, 0) is 13.8 Å². The van der Waals surface area contributed by atoms with Crippen LogP contribution in [0, 0.1) is 5.41 Å². The van der Waals surface area contributed by atoms with E-state index >= 15 is 0 Å². The summed E-state index contributed by atoms with van der Waals surface area (Å²) in [5.41, 5.74) is 5.08. The largest absolute Gasteiger partial charge is 0.370 e. The van der Waals surface area contributed by atoms with Crippen LogP contribution in [0.4, 0.5) is 4.79 Å². The van der Waals surface area contributed by atoms with Crippen molar-refractivity contribution in [2.45, 2.75) is 19.9 Å². The highest BCUT2D eigenvalue weighted by Crippen LogP contribution is 2.00. The summed E-state index contributed by atoms with van der Waals surface area (Å²) in [5, 5.41) is 6.45. The second-order valence-electron chi connectivity index (χ2n) is 2.13. The maximum absolute atomic E-state index is 10.6. The second kappa shape index (κ2) is 3.46. The fraction of sp³-hybridized carbons (Fsp3) is 0.600. The van der Waals surface area contributed by atoms with Crippen molar-refractivity contribution in [3.63, 3.8) is 0 Å². The second-order valence-corrected chi connectivity index (χ2v) is 2.51. The Bertz CT molecular complexity index is 143. The molecule has 10 heavy (non-hydrogen) atoms. The number of hydrogen-bond donors (Lipinski definition) is 3. The lowest BCUT2D eigenvalue weighted by Gasteiger charge is -2.21. The number of carbonyl (C=O) groups excluding carboxylic acids is 1. The summed E-state index contributed by atoms with van der Waals surface area (Å²) < 4.78 is 0. The topological polar surface area (TPSA) is 70.2 Å². The van der Waals surface area contributed by atoms with Crippen molar-refractivity contribution in [2.24, 2.45) is 5.73 Å². The monoisotopic (exact) mass is 161 g/mol. The summed E-state index contributed by atoms with van der Waals surface area (Å²) in [6.45, 7) is 3.52. The summed E-state index contributed by atoms with van der Waals surface area (Å²) >= 11 is 3.54. The van der Waals surface area contributed by atoms with E-state index in [9.17, 15) is 4.79 Å². The van der Waals surface area contributed by atoms with Crippen LogP contribution in [-0.2, 0) is 0 Å². The first-order valence-corrected chi connectivity index (χ1v) is 3.27. The zero-order valence-electron chi connectivity index (χ0n) is 5.96. The number of nitrogens with two attached hydrogens (primary N) is 1. The van der Waals surface area contributed by atoms with Crippen LogP contribution in [0.15, 0.2) is 0 Å². The highest BCUT2D eigenvalue weighted by atomic mass is 32.1. The Morgan fingerprint density at radius 3 is 2.10 bits per heavy atom. The van der Waals surface area contributed by atoms with Gasteiger partial charge in [-0.25, -0.2) is 0 Å². The Balaban J connectivity index is 4.27. The van der Waals surface area contributed by atoms with Gasteiger partial charge in [-0.1, -0.05) is 12.6 Å². The van der Waals surface area contributed by atoms with Crippen LogP contribution < -0.4 is 5.73 Å². The molecular formula is C5H11N3OS. The van der Waals surface area contributed by atoms with Gasteiger partial charge in [-0.2, -0.15) is 0 Å². The summed E-state index contributed by atoms with van der Waals surface area (Å²) in [7, 11) is 0. The molecule has 0 aromatic rings. The smallest absolute Gasteiger partial charge is 0.285 e. The molecule has 0 aliphatic carbocycles. The molecule has 0 spiro atoms. The van der Waals surface area contributed by atoms with Crippen LogP contribution >= 0.6 is 12.6 Å². The number of nitrogens with zero attached hydrogens (tertiary/aromatic N) is 1. The summed E-state index contributed by atoms with van der Waals surface area (Å²) in [6, 6.07) is -0.109. The Hall–Kier alpha value is -0.710. The van der Waals surface area contributed by atoms with E-state index < -0.39 is 5.24 Å². The van der Waals surface area contributed by atoms with Gasteiger partial charge >= 0.3 is 0 Å². The van der Waals surface area contributed by atoms with Crippen LogP contribution in [-0.4, -0.2) is 22.1 Å². The molecular weight excluding hydrogens is 150 g/mol. The molecule has 0 unspecified atom stereocenters. The van der Waals surface area contributed by atoms with Crippen molar-refractivity contribution in [3.05, 3.63) is 0 Å². The molecule has 1 amide bonds. The van der Waals surface area contributed by atoms with E-state index in [0.29, 0.717) is 0 Å². The molecule has 0 fully saturated rings. The molecule has 0 aromatic heterocycles. The van der Waals surface area contributed by atoms with Gasteiger partial charge in [0.05, 0.1) is 0 Å². The van der Waals surface area contributed by atoms with Crippen molar-refractivity contribution in [3.8, 4) is 0 Å². The van der Waals surface area contributed by atoms with Gasteiger partial charge in [-0.15, -0.1) is 0 Å². The maximum atomic E-state index is 10.6. The molecule has 0 radical (unpaired) electrons. The van der Waals surface area contributed by atoms with Crippen LogP contribution in [0.3, 0.4) is 0 Å². The molecule has 0 saturated carbocycles. The fourth-order valence-corrected chi connectivity index (χ4v) is 0.941. The van der Waals surface area contributed by atoms with Crippen LogP contribution in [0.2, 0.25) is 0 Å². The lowest BCUT2D eigenvalue weighted by molar-refractivity contribution is 0.237. The van der Waals surface area contributed by atoms with Crippen LogP contribution in [0.25, 0.3) is 0 Å². The molecule has 4 nitrogen and oxygen atoms in total. The van der Waals surface area contributed by atoms with Crippen molar-refractivity contribution in [2.75, 3.05) is 0 Å². The fourth-order valence-electron chi connectivity index (χ4n) is 0.602. The molecule has 0 heterocycles. The number of carbonyl (C=O) groups is 1. The minimum Gasteiger partial charge on any atom is -0.370 e. The van der Waals surface area contributed by atoms with E-state index in [1.54, 1.807) is 13.8 Å². The van der Waals surface area contributed by atoms with Gasteiger partial charge in [0, 0.05) is 6.04 Å². The van der Waals surface area contributed by atoms with E-state index in [4.69, 9.17) is 11.1 Å². The van der Waals surface area contributed by atoms with Crippen molar-refractivity contribution >= 4 is 23.8 Å². The highest BCUT2D eigenvalue weighted by Gasteiger charge is 2.15. The Morgan fingerprint density at radius 1 is 1.70 bits per heavy atom. The normalized spacial score (nSPS) is 9.60. The molecule has 0 aromatic carbocycles.